The molecule has 96 valence electrons. The smallest absolute Gasteiger partial charge is 0.246 e. The number of hydrogen-bond acceptors (Lipinski definition) is 2. The summed E-state index contributed by atoms with van der Waals surface area (Å²) in [5.41, 5.74) is 0.826. The highest BCUT2D eigenvalue weighted by Crippen LogP contribution is 2.07. The summed E-state index contributed by atoms with van der Waals surface area (Å²) in [6.45, 7) is 4.42. The number of carbonyl (C=O) groups excluding carboxylic acids is 1. The summed E-state index contributed by atoms with van der Waals surface area (Å²) in [4.78, 5) is 13.8. The lowest BCUT2D eigenvalue weighted by atomic mass is 10.2. The molecule has 1 aliphatic rings. The Morgan fingerprint density at radius 3 is 2.83 bits per heavy atom. The third-order valence-corrected chi connectivity index (χ3v) is 3.07. The Labute approximate surface area is 106 Å². The number of hydrogen-bond donors (Lipinski definition) is 1. The highest BCUT2D eigenvalue weighted by molar-refractivity contribution is 5.92. The van der Waals surface area contributed by atoms with E-state index in [0.29, 0.717) is 0 Å². The third kappa shape index (κ3) is 3.17. The first-order valence-corrected chi connectivity index (χ1v) is 6.12. The Bertz CT molecular complexity index is 442. The van der Waals surface area contributed by atoms with Crippen LogP contribution in [0.1, 0.15) is 12.5 Å². The maximum atomic E-state index is 12.7. The van der Waals surface area contributed by atoms with Crippen molar-refractivity contribution in [1.29, 1.82) is 0 Å². The number of carbonyl (C=O) groups is 1. The molecule has 1 fully saturated rings. The molecule has 1 atom stereocenters. The van der Waals surface area contributed by atoms with E-state index in [-0.39, 0.29) is 17.8 Å². The van der Waals surface area contributed by atoms with Gasteiger partial charge in [-0.1, -0.05) is 12.1 Å². The van der Waals surface area contributed by atoms with Gasteiger partial charge in [0.1, 0.15) is 5.82 Å². The van der Waals surface area contributed by atoms with E-state index < -0.39 is 0 Å². The van der Waals surface area contributed by atoms with E-state index >= 15 is 0 Å². The van der Waals surface area contributed by atoms with Crippen LogP contribution >= 0.6 is 0 Å². The molecule has 4 heteroatoms. The topological polar surface area (TPSA) is 32.3 Å². The molecule has 1 aromatic carbocycles. The van der Waals surface area contributed by atoms with Gasteiger partial charge >= 0.3 is 0 Å². The van der Waals surface area contributed by atoms with E-state index in [0.717, 1.165) is 25.2 Å². The average molecular weight is 248 g/mol. The minimum Gasteiger partial charge on any atom is -0.334 e. The molecule has 0 aliphatic carbocycles. The van der Waals surface area contributed by atoms with E-state index in [1.54, 1.807) is 24.3 Å². The van der Waals surface area contributed by atoms with Gasteiger partial charge in [0.25, 0.3) is 0 Å². The molecule has 1 heterocycles. The fourth-order valence-electron chi connectivity index (χ4n) is 2.01. The molecule has 0 radical (unpaired) electrons. The molecule has 0 spiro atoms. The highest BCUT2D eigenvalue weighted by atomic mass is 19.1. The molecule has 0 unspecified atom stereocenters. The molecule has 1 amide bonds. The number of benzene rings is 1. The van der Waals surface area contributed by atoms with Crippen molar-refractivity contribution in [1.82, 2.24) is 10.2 Å². The minimum absolute atomic E-state index is 0.00771. The molecule has 0 aromatic heterocycles. The number of nitrogens with one attached hydrogen (secondary N) is 1. The third-order valence-electron chi connectivity index (χ3n) is 3.07. The quantitative estimate of drug-likeness (QED) is 0.807. The van der Waals surface area contributed by atoms with E-state index in [9.17, 15) is 9.18 Å². The second kappa shape index (κ2) is 5.78. The monoisotopic (exact) mass is 248 g/mol. The van der Waals surface area contributed by atoms with Crippen LogP contribution in [0, 0.1) is 5.82 Å². The van der Waals surface area contributed by atoms with Gasteiger partial charge in [-0.2, -0.15) is 0 Å². The highest BCUT2D eigenvalue weighted by Gasteiger charge is 2.20. The lowest BCUT2D eigenvalue weighted by Gasteiger charge is -2.33. The molecule has 1 aromatic rings. The number of rotatable bonds is 2. The van der Waals surface area contributed by atoms with Crippen LogP contribution in [0.5, 0.6) is 0 Å². The lowest BCUT2D eigenvalue weighted by molar-refractivity contribution is -0.128. The predicted octanol–water partition coefficient (Wildman–Crippen LogP) is 1.66. The molecule has 1 aliphatic heterocycles. The molecule has 18 heavy (non-hydrogen) atoms. The lowest BCUT2D eigenvalue weighted by Crippen LogP contribution is -2.51. The molecular weight excluding hydrogens is 231 g/mol. The molecule has 0 bridgehead atoms. The SMILES string of the molecule is C[C@@H]1CNCCN1C(=O)/C=C/c1ccc(F)cc1. The van der Waals surface area contributed by atoms with Gasteiger partial charge in [0.15, 0.2) is 0 Å². The van der Waals surface area contributed by atoms with Gasteiger partial charge in [0.05, 0.1) is 0 Å². The average Bonchev–Trinajstić information content (AvgIpc) is 2.38. The minimum atomic E-state index is -0.269. The Kier molecular flexibility index (Phi) is 4.10. The van der Waals surface area contributed by atoms with Gasteiger partial charge in [-0.3, -0.25) is 4.79 Å². The van der Waals surface area contributed by atoms with Crippen LogP contribution in [0.25, 0.3) is 6.08 Å². The van der Waals surface area contributed by atoms with Crippen molar-refractivity contribution in [3.05, 3.63) is 41.7 Å². The normalized spacial score (nSPS) is 20.3. The van der Waals surface area contributed by atoms with E-state index in [4.69, 9.17) is 0 Å². The zero-order chi connectivity index (χ0) is 13.0. The van der Waals surface area contributed by atoms with Gasteiger partial charge < -0.3 is 10.2 Å². The second-order valence-electron chi connectivity index (χ2n) is 4.47. The number of amides is 1. The molecule has 1 saturated heterocycles. The fraction of sp³-hybridized carbons (Fsp3) is 0.357. The summed E-state index contributed by atoms with van der Waals surface area (Å²) in [6.07, 6.45) is 3.27. The number of piperazine rings is 1. The van der Waals surface area contributed by atoms with Gasteiger partial charge in [-0.15, -0.1) is 0 Å². The summed E-state index contributed by atoms with van der Waals surface area (Å²) in [5.74, 6) is -0.262. The van der Waals surface area contributed by atoms with Gasteiger partial charge in [0.2, 0.25) is 5.91 Å². The van der Waals surface area contributed by atoms with Crippen molar-refractivity contribution in [3.63, 3.8) is 0 Å². The van der Waals surface area contributed by atoms with Gasteiger partial charge in [-0.25, -0.2) is 4.39 Å². The van der Waals surface area contributed by atoms with E-state index in [1.807, 2.05) is 11.8 Å². The summed E-state index contributed by atoms with van der Waals surface area (Å²) in [7, 11) is 0. The first-order valence-electron chi connectivity index (χ1n) is 6.12. The zero-order valence-electron chi connectivity index (χ0n) is 10.4. The van der Waals surface area contributed by atoms with E-state index in [2.05, 4.69) is 5.32 Å². The van der Waals surface area contributed by atoms with Crippen LogP contribution in [0.15, 0.2) is 30.3 Å². The fourth-order valence-corrected chi connectivity index (χ4v) is 2.01. The summed E-state index contributed by atoms with van der Waals surface area (Å²) >= 11 is 0. The standard InChI is InChI=1S/C14H17FN2O/c1-11-10-16-8-9-17(11)14(18)7-4-12-2-5-13(15)6-3-12/h2-7,11,16H,8-10H2,1H3/b7-4+/t11-/m1/s1. The molecule has 1 N–H and O–H groups in total. The Hall–Kier alpha value is -1.68. The molecule has 2 rings (SSSR count). The van der Waals surface area contributed by atoms with E-state index in [1.165, 1.54) is 12.1 Å². The molecular formula is C14H17FN2O. The Balaban J connectivity index is 1.99. The van der Waals surface area contributed by atoms with Crippen LogP contribution in [-0.4, -0.2) is 36.5 Å². The second-order valence-corrected chi connectivity index (χ2v) is 4.47. The van der Waals surface area contributed by atoms with Crippen LogP contribution in [-0.2, 0) is 4.79 Å². The zero-order valence-corrected chi connectivity index (χ0v) is 10.4. The van der Waals surface area contributed by atoms with Crippen LogP contribution in [0.3, 0.4) is 0 Å². The van der Waals surface area contributed by atoms with Crippen molar-refractivity contribution in [2.75, 3.05) is 19.6 Å². The first-order chi connectivity index (χ1) is 8.66. The maximum Gasteiger partial charge on any atom is 0.246 e. The predicted molar refractivity (Wildman–Crippen MR) is 69.5 cm³/mol. The summed E-state index contributed by atoms with van der Waals surface area (Å²) < 4.78 is 12.7. The van der Waals surface area contributed by atoms with Crippen molar-refractivity contribution in [2.24, 2.45) is 0 Å². The number of halogens is 1. The van der Waals surface area contributed by atoms with Gasteiger partial charge in [-0.05, 0) is 30.7 Å². The summed E-state index contributed by atoms with van der Waals surface area (Å²) in [6, 6.07) is 6.29. The largest absolute Gasteiger partial charge is 0.334 e. The van der Waals surface area contributed by atoms with Gasteiger partial charge in [0, 0.05) is 31.8 Å². The Morgan fingerprint density at radius 2 is 2.17 bits per heavy atom. The molecule has 3 nitrogen and oxygen atoms in total. The summed E-state index contributed by atoms with van der Waals surface area (Å²) in [5, 5.41) is 3.24. The van der Waals surface area contributed by atoms with Crippen LogP contribution < -0.4 is 5.32 Å². The maximum absolute atomic E-state index is 12.7. The van der Waals surface area contributed by atoms with Crippen LogP contribution in [0.4, 0.5) is 4.39 Å². The first kappa shape index (κ1) is 12.8. The molecule has 0 saturated carbocycles. The Morgan fingerprint density at radius 1 is 1.44 bits per heavy atom. The van der Waals surface area contributed by atoms with Crippen molar-refractivity contribution in [2.45, 2.75) is 13.0 Å². The van der Waals surface area contributed by atoms with Crippen molar-refractivity contribution >= 4 is 12.0 Å². The van der Waals surface area contributed by atoms with Crippen molar-refractivity contribution < 1.29 is 9.18 Å². The number of nitrogens with zero attached hydrogens (tertiary/aromatic N) is 1. The van der Waals surface area contributed by atoms with Crippen LogP contribution in [0.2, 0.25) is 0 Å². The van der Waals surface area contributed by atoms with Crippen molar-refractivity contribution in [3.8, 4) is 0 Å².